The Morgan fingerprint density at radius 1 is 1.14 bits per heavy atom. The first kappa shape index (κ1) is 8.77. The molecule has 2 heterocycles. The second-order valence-electron chi connectivity index (χ2n) is 2.86. The molecule has 0 unspecified atom stereocenters. The van der Waals surface area contributed by atoms with Gasteiger partial charge in [-0.05, 0) is 12.1 Å². The van der Waals surface area contributed by atoms with E-state index in [-0.39, 0.29) is 0 Å². The number of hydrogen-bond acceptors (Lipinski definition) is 4. The molecule has 4 nitrogen and oxygen atoms in total. The van der Waals surface area contributed by atoms with Crippen LogP contribution in [0.4, 0.5) is 0 Å². The Labute approximate surface area is 81.9 Å². The summed E-state index contributed by atoms with van der Waals surface area (Å²) in [6.45, 7) is 0.466. The summed E-state index contributed by atoms with van der Waals surface area (Å²) in [5.41, 5.74) is 7.29. The van der Waals surface area contributed by atoms with E-state index in [0.29, 0.717) is 12.4 Å². The first-order valence-electron chi connectivity index (χ1n) is 4.31. The zero-order valence-electron chi connectivity index (χ0n) is 7.59. The smallest absolute Gasteiger partial charge is 0.160 e. The third-order valence-electron chi connectivity index (χ3n) is 1.86. The van der Waals surface area contributed by atoms with Crippen LogP contribution >= 0.6 is 0 Å². The van der Waals surface area contributed by atoms with E-state index in [1.807, 2.05) is 12.1 Å². The fourth-order valence-electron chi connectivity index (χ4n) is 1.10. The van der Waals surface area contributed by atoms with Crippen molar-refractivity contribution in [2.24, 2.45) is 5.73 Å². The third kappa shape index (κ3) is 1.75. The maximum absolute atomic E-state index is 5.45. The van der Waals surface area contributed by atoms with Gasteiger partial charge in [-0.15, -0.1) is 0 Å². The highest BCUT2D eigenvalue weighted by molar-refractivity contribution is 5.52. The minimum Gasteiger partial charge on any atom is -0.326 e. The van der Waals surface area contributed by atoms with Crippen LogP contribution in [0.1, 0.15) is 5.56 Å². The van der Waals surface area contributed by atoms with Gasteiger partial charge in [0.2, 0.25) is 0 Å². The van der Waals surface area contributed by atoms with E-state index in [1.54, 1.807) is 24.8 Å². The summed E-state index contributed by atoms with van der Waals surface area (Å²) >= 11 is 0. The van der Waals surface area contributed by atoms with Crippen molar-refractivity contribution in [3.63, 3.8) is 0 Å². The Morgan fingerprint density at radius 2 is 1.93 bits per heavy atom. The van der Waals surface area contributed by atoms with E-state index in [0.717, 1.165) is 11.1 Å². The van der Waals surface area contributed by atoms with Gasteiger partial charge in [0, 0.05) is 42.5 Å². The minimum atomic E-state index is 0.466. The van der Waals surface area contributed by atoms with Crippen molar-refractivity contribution >= 4 is 0 Å². The Hall–Kier alpha value is -1.81. The van der Waals surface area contributed by atoms with E-state index < -0.39 is 0 Å². The Bertz CT molecular complexity index is 396. The number of pyridine rings is 1. The van der Waals surface area contributed by atoms with Crippen LogP contribution in [0.2, 0.25) is 0 Å². The molecule has 0 spiro atoms. The van der Waals surface area contributed by atoms with Crippen LogP contribution in [-0.4, -0.2) is 15.0 Å². The van der Waals surface area contributed by atoms with Crippen LogP contribution in [0.3, 0.4) is 0 Å². The number of aromatic nitrogens is 3. The highest BCUT2D eigenvalue weighted by Crippen LogP contribution is 2.11. The lowest BCUT2D eigenvalue weighted by atomic mass is 10.2. The molecule has 70 valence electrons. The lowest BCUT2D eigenvalue weighted by Gasteiger charge is -1.99. The summed E-state index contributed by atoms with van der Waals surface area (Å²) in [7, 11) is 0. The molecule has 0 aliphatic carbocycles. The number of nitrogens with two attached hydrogens (primary N) is 1. The van der Waals surface area contributed by atoms with Crippen molar-refractivity contribution in [1.82, 2.24) is 15.0 Å². The molecule has 0 saturated heterocycles. The molecule has 0 bridgehead atoms. The summed E-state index contributed by atoms with van der Waals surface area (Å²) in [4.78, 5) is 12.4. The first-order valence-corrected chi connectivity index (χ1v) is 4.31. The van der Waals surface area contributed by atoms with Gasteiger partial charge in [-0.2, -0.15) is 0 Å². The Kier molecular flexibility index (Phi) is 2.46. The van der Waals surface area contributed by atoms with Crippen LogP contribution in [0.5, 0.6) is 0 Å². The highest BCUT2D eigenvalue weighted by atomic mass is 14.9. The quantitative estimate of drug-likeness (QED) is 0.759. The zero-order valence-corrected chi connectivity index (χ0v) is 7.59. The SMILES string of the molecule is NCc1cnc(-c2cccnc2)nc1. The topological polar surface area (TPSA) is 64.7 Å². The van der Waals surface area contributed by atoms with Crippen molar-refractivity contribution in [2.45, 2.75) is 6.54 Å². The molecular weight excluding hydrogens is 176 g/mol. The average Bonchev–Trinajstić information content (AvgIpc) is 2.30. The maximum atomic E-state index is 5.45. The molecule has 0 aromatic carbocycles. The van der Waals surface area contributed by atoms with Crippen molar-refractivity contribution in [3.8, 4) is 11.4 Å². The summed E-state index contributed by atoms with van der Waals surface area (Å²) in [6.07, 6.45) is 6.92. The molecule has 0 saturated carbocycles. The van der Waals surface area contributed by atoms with Gasteiger partial charge in [-0.1, -0.05) is 0 Å². The lowest BCUT2D eigenvalue weighted by Crippen LogP contribution is -1.99. The molecule has 0 amide bonds. The summed E-state index contributed by atoms with van der Waals surface area (Å²) in [6, 6.07) is 3.78. The molecule has 0 aliphatic rings. The molecule has 2 aromatic heterocycles. The van der Waals surface area contributed by atoms with Gasteiger partial charge in [0.25, 0.3) is 0 Å². The van der Waals surface area contributed by atoms with Gasteiger partial charge in [0.1, 0.15) is 0 Å². The van der Waals surface area contributed by atoms with E-state index in [2.05, 4.69) is 15.0 Å². The second kappa shape index (κ2) is 3.93. The maximum Gasteiger partial charge on any atom is 0.160 e. The molecular formula is C10H10N4. The van der Waals surface area contributed by atoms with E-state index in [9.17, 15) is 0 Å². The fraction of sp³-hybridized carbons (Fsp3) is 0.100. The summed E-state index contributed by atoms with van der Waals surface area (Å²) < 4.78 is 0. The van der Waals surface area contributed by atoms with Crippen molar-refractivity contribution in [1.29, 1.82) is 0 Å². The second-order valence-corrected chi connectivity index (χ2v) is 2.86. The largest absolute Gasteiger partial charge is 0.326 e. The van der Waals surface area contributed by atoms with Gasteiger partial charge in [-0.25, -0.2) is 9.97 Å². The van der Waals surface area contributed by atoms with Gasteiger partial charge in [-0.3, -0.25) is 4.98 Å². The molecule has 0 radical (unpaired) electrons. The summed E-state index contributed by atoms with van der Waals surface area (Å²) in [5, 5.41) is 0. The van der Waals surface area contributed by atoms with Crippen LogP contribution in [-0.2, 0) is 6.54 Å². The van der Waals surface area contributed by atoms with Gasteiger partial charge in [0.05, 0.1) is 0 Å². The number of rotatable bonds is 2. The zero-order chi connectivity index (χ0) is 9.80. The van der Waals surface area contributed by atoms with Crippen LogP contribution < -0.4 is 5.73 Å². The Balaban J connectivity index is 2.34. The summed E-state index contributed by atoms with van der Waals surface area (Å²) in [5.74, 6) is 0.676. The average molecular weight is 186 g/mol. The molecule has 14 heavy (non-hydrogen) atoms. The van der Waals surface area contributed by atoms with Gasteiger partial charge < -0.3 is 5.73 Å². The Morgan fingerprint density at radius 3 is 2.50 bits per heavy atom. The van der Waals surface area contributed by atoms with E-state index in [4.69, 9.17) is 5.73 Å². The first-order chi connectivity index (χ1) is 6.90. The fourth-order valence-corrected chi connectivity index (χ4v) is 1.10. The molecule has 0 fully saturated rings. The highest BCUT2D eigenvalue weighted by Gasteiger charge is 1.99. The normalized spacial score (nSPS) is 10.1. The van der Waals surface area contributed by atoms with E-state index >= 15 is 0 Å². The van der Waals surface area contributed by atoms with Crippen LogP contribution in [0.25, 0.3) is 11.4 Å². The lowest BCUT2D eigenvalue weighted by molar-refractivity contribution is 1.01. The molecule has 0 aliphatic heterocycles. The van der Waals surface area contributed by atoms with Gasteiger partial charge >= 0.3 is 0 Å². The van der Waals surface area contributed by atoms with Crippen molar-refractivity contribution in [3.05, 3.63) is 42.5 Å². The molecule has 2 rings (SSSR count). The number of nitrogens with zero attached hydrogens (tertiary/aromatic N) is 3. The molecule has 2 aromatic rings. The standard InChI is InChI=1S/C10H10N4/c11-4-8-5-13-10(14-6-8)9-2-1-3-12-7-9/h1-3,5-7H,4,11H2. The van der Waals surface area contributed by atoms with Crippen LogP contribution in [0, 0.1) is 0 Å². The molecule has 2 N–H and O–H groups in total. The molecule has 4 heteroatoms. The third-order valence-corrected chi connectivity index (χ3v) is 1.86. The minimum absolute atomic E-state index is 0.466. The van der Waals surface area contributed by atoms with Crippen molar-refractivity contribution < 1.29 is 0 Å². The molecule has 0 atom stereocenters. The monoisotopic (exact) mass is 186 g/mol. The van der Waals surface area contributed by atoms with Crippen LogP contribution in [0.15, 0.2) is 36.9 Å². The van der Waals surface area contributed by atoms with Gasteiger partial charge in [0.15, 0.2) is 5.82 Å². The van der Waals surface area contributed by atoms with Crippen molar-refractivity contribution in [2.75, 3.05) is 0 Å². The predicted molar refractivity (Wildman–Crippen MR) is 53.2 cm³/mol. The predicted octanol–water partition coefficient (Wildman–Crippen LogP) is 0.997. The van der Waals surface area contributed by atoms with E-state index in [1.165, 1.54) is 0 Å². The number of hydrogen-bond donors (Lipinski definition) is 1.